The molecule has 2 aromatic carbocycles. The quantitative estimate of drug-likeness (QED) is 0.374. The lowest BCUT2D eigenvalue weighted by Crippen LogP contribution is -2.44. The van der Waals surface area contributed by atoms with Gasteiger partial charge in [0.25, 0.3) is 0 Å². The lowest BCUT2D eigenvalue weighted by atomic mass is 9.88. The lowest BCUT2D eigenvalue weighted by Gasteiger charge is -2.38. The minimum absolute atomic E-state index is 0.0497. The molecule has 4 atom stereocenters. The maximum absolute atomic E-state index is 9.77. The molecule has 212 valence electrons. The largest absolute Gasteiger partial charge is 0.488 e. The number of nitrogens with zero attached hydrogens (tertiary/aromatic N) is 3. The van der Waals surface area contributed by atoms with E-state index in [-0.39, 0.29) is 6.10 Å². The van der Waals surface area contributed by atoms with Gasteiger partial charge in [-0.3, -0.25) is 4.90 Å². The summed E-state index contributed by atoms with van der Waals surface area (Å²) in [5.41, 5.74) is 7.05. The van der Waals surface area contributed by atoms with Crippen LogP contribution in [0, 0.1) is 19.8 Å². The minimum Gasteiger partial charge on any atom is -0.488 e. The predicted octanol–water partition coefficient (Wildman–Crippen LogP) is 5.30. The fourth-order valence-electron chi connectivity index (χ4n) is 6.93. The number of ether oxygens (including phenoxy) is 3. The van der Waals surface area contributed by atoms with Crippen LogP contribution in [0.5, 0.6) is 5.75 Å². The van der Waals surface area contributed by atoms with Crippen molar-refractivity contribution in [3.05, 3.63) is 64.0 Å². The molecule has 7 nitrogen and oxygen atoms in total. The highest BCUT2D eigenvalue weighted by Crippen LogP contribution is 2.47. The van der Waals surface area contributed by atoms with Gasteiger partial charge >= 0.3 is 0 Å². The maximum atomic E-state index is 9.77. The van der Waals surface area contributed by atoms with Crippen molar-refractivity contribution < 1.29 is 19.3 Å². The molecule has 3 aromatic rings. The Kier molecular flexibility index (Phi) is 7.30. The van der Waals surface area contributed by atoms with Crippen molar-refractivity contribution in [1.82, 2.24) is 9.88 Å². The number of benzene rings is 2. The van der Waals surface area contributed by atoms with Gasteiger partial charge in [0.15, 0.2) is 11.4 Å². The van der Waals surface area contributed by atoms with Gasteiger partial charge in [0.2, 0.25) is 0 Å². The molecular weight excluding hydrogens is 522 g/mol. The van der Waals surface area contributed by atoms with Gasteiger partial charge in [-0.05, 0) is 74.3 Å². The second kappa shape index (κ2) is 11.1. The Hall–Kier alpha value is -2.49. The molecule has 4 aliphatic heterocycles. The van der Waals surface area contributed by atoms with Crippen LogP contribution in [0.3, 0.4) is 0 Å². The fraction of sp³-hybridized carbons (Fsp3) is 0.531. The zero-order valence-electron chi connectivity index (χ0n) is 23.4. The third-order valence-electron chi connectivity index (χ3n) is 9.16. The molecule has 4 aliphatic rings. The van der Waals surface area contributed by atoms with Crippen LogP contribution in [0.25, 0.3) is 11.3 Å². The van der Waals surface area contributed by atoms with Gasteiger partial charge in [-0.2, -0.15) is 0 Å². The van der Waals surface area contributed by atoms with Crippen LogP contribution < -0.4 is 9.64 Å². The first-order valence-corrected chi connectivity index (χ1v) is 15.6. The van der Waals surface area contributed by atoms with Crippen molar-refractivity contribution in [3.63, 3.8) is 0 Å². The Morgan fingerprint density at radius 2 is 1.82 bits per heavy atom. The van der Waals surface area contributed by atoms with E-state index in [0.29, 0.717) is 24.6 Å². The number of hydrogen-bond acceptors (Lipinski definition) is 8. The first-order chi connectivity index (χ1) is 19.5. The van der Waals surface area contributed by atoms with Gasteiger partial charge < -0.3 is 24.2 Å². The van der Waals surface area contributed by atoms with E-state index in [1.54, 1.807) is 11.3 Å². The van der Waals surface area contributed by atoms with Gasteiger partial charge in [-0.1, -0.05) is 29.8 Å². The molecule has 0 saturated carbocycles. The Morgan fingerprint density at radius 1 is 1.05 bits per heavy atom. The summed E-state index contributed by atoms with van der Waals surface area (Å²) in [6, 6.07) is 14.1. The summed E-state index contributed by atoms with van der Waals surface area (Å²) in [5, 5.41) is 13.1. The Labute approximate surface area is 240 Å². The molecule has 2 bridgehead atoms. The summed E-state index contributed by atoms with van der Waals surface area (Å²) in [6.45, 7) is 9.44. The topological polar surface area (TPSA) is 70.6 Å². The zero-order chi connectivity index (χ0) is 27.2. The highest BCUT2D eigenvalue weighted by Gasteiger charge is 2.51. The second-order valence-corrected chi connectivity index (χ2v) is 12.8. The van der Waals surface area contributed by atoms with Crippen LogP contribution in [0.1, 0.15) is 47.9 Å². The van der Waals surface area contributed by atoms with Crippen molar-refractivity contribution in [2.45, 2.75) is 77.2 Å². The lowest BCUT2D eigenvalue weighted by molar-refractivity contribution is 0.0342. The number of piperidine rings is 1. The normalized spacial score (nSPS) is 28.2. The molecule has 5 heterocycles. The second-order valence-electron chi connectivity index (χ2n) is 12.0. The van der Waals surface area contributed by atoms with Crippen molar-refractivity contribution in [2.75, 3.05) is 31.2 Å². The summed E-state index contributed by atoms with van der Waals surface area (Å²) in [4.78, 5) is 10.2. The number of morpholine rings is 1. The van der Waals surface area contributed by atoms with E-state index in [1.807, 2.05) is 0 Å². The van der Waals surface area contributed by atoms with E-state index < -0.39 is 6.29 Å². The average Bonchev–Trinajstić information content (AvgIpc) is 3.38. The molecular formula is C32H39N3O4S. The molecule has 4 saturated heterocycles. The Bertz CT molecular complexity index is 1340. The summed E-state index contributed by atoms with van der Waals surface area (Å²) >= 11 is 1.74. The highest BCUT2D eigenvalue weighted by atomic mass is 32.1. The zero-order valence-corrected chi connectivity index (χ0v) is 24.2. The minimum atomic E-state index is -0.543. The summed E-state index contributed by atoms with van der Waals surface area (Å²) in [6.07, 6.45) is 4.06. The third kappa shape index (κ3) is 5.40. The third-order valence-corrected chi connectivity index (χ3v) is 10.0. The van der Waals surface area contributed by atoms with Gasteiger partial charge in [0.1, 0.15) is 18.5 Å². The van der Waals surface area contributed by atoms with E-state index in [0.717, 1.165) is 67.8 Å². The van der Waals surface area contributed by atoms with Crippen LogP contribution in [0.2, 0.25) is 0 Å². The van der Waals surface area contributed by atoms with Crippen molar-refractivity contribution in [1.29, 1.82) is 0 Å². The fourth-order valence-corrected chi connectivity index (χ4v) is 7.89. The number of epoxide rings is 1. The number of hydrogen-bond donors (Lipinski definition) is 1. The molecule has 8 heteroatoms. The van der Waals surface area contributed by atoms with Crippen molar-refractivity contribution >= 4 is 16.5 Å². The molecule has 4 fully saturated rings. The van der Waals surface area contributed by atoms with Crippen LogP contribution in [-0.4, -0.2) is 65.8 Å². The maximum Gasteiger partial charge on any atom is 0.186 e. The molecule has 0 aliphatic carbocycles. The summed E-state index contributed by atoms with van der Waals surface area (Å²) < 4.78 is 17.4. The number of aliphatic hydroxyl groups is 1. The number of fused-ring (bicyclic) bond motifs is 2. The molecule has 1 N–H and O–H groups in total. The number of rotatable bonds is 8. The van der Waals surface area contributed by atoms with Gasteiger partial charge in [-0.25, -0.2) is 4.98 Å². The van der Waals surface area contributed by atoms with Crippen LogP contribution in [0.15, 0.2) is 41.8 Å². The van der Waals surface area contributed by atoms with E-state index >= 15 is 0 Å². The van der Waals surface area contributed by atoms with Crippen LogP contribution in [-0.2, 0) is 22.6 Å². The first-order valence-electron chi connectivity index (χ1n) is 14.7. The van der Waals surface area contributed by atoms with E-state index in [4.69, 9.17) is 19.2 Å². The van der Waals surface area contributed by atoms with E-state index in [1.165, 1.54) is 35.1 Å². The number of aromatic nitrogens is 1. The monoisotopic (exact) mass is 561 g/mol. The summed E-state index contributed by atoms with van der Waals surface area (Å²) in [7, 11) is 0. The van der Waals surface area contributed by atoms with E-state index in [2.05, 4.69) is 65.4 Å². The number of thiazole rings is 1. The highest BCUT2D eigenvalue weighted by molar-refractivity contribution is 7.14. The Morgan fingerprint density at radius 3 is 2.55 bits per heavy atom. The van der Waals surface area contributed by atoms with Crippen LogP contribution in [0.4, 0.5) is 5.13 Å². The molecule has 0 radical (unpaired) electrons. The molecule has 0 spiro atoms. The predicted molar refractivity (Wildman–Crippen MR) is 157 cm³/mol. The molecule has 4 unspecified atom stereocenters. The first kappa shape index (κ1) is 26.4. The number of aryl methyl sites for hydroxylation is 2. The van der Waals surface area contributed by atoms with Crippen molar-refractivity contribution in [3.8, 4) is 17.0 Å². The van der Waals surface area contributed by atoms with Crippen LogP contribution >= 0.6 is 11.3 Å². The molecule has 0 amide bonds. The smallest absolute Gasteiger partial charge is 0.186 e. The Balaban J connectivity index is 1.05. The van der Waals surface area contributed by atoms with E-state index in [9.17, 15) is 5.11 Å². The molecule has 40 heavy (non-hydrogen) atoms. The molecule has 1 aromatic heterocycles. The van der Waals surface area contributed by atoms with Gasteiger partial charge in [-0.15, -0.1) is 11.3 Å². The average molecular weight is 562 g/mol. The van der Waals surface area contributed by atoms with Gasteiger partial charge in [0, 0.05) is 42.7 Å². The summed E-state index contributed by atoms with van der Waals surface area (Å²) in [5.74, 6) is 1.35. The SMILES string of the molecule is Cc1ccc(OCc2ccc(CN3CCOCC3)cc2C)c(-c2csc(N3C4CCC3CC(C3OC3O)C4)n2)c1. The van der Waals surface area contributed by atoms with Crippen molar-refractivity contribution in [2.24, 2.45) is 5.92 Å². The number of anilines is 1. The molecule has 7 rings (SSSR count). The van der Waals surface area contributed by atoms with Gasteiger partial charge in [0.05, 0.1) is 18.9 Å². The number of aliphatic hydroxyl groups excluding tert-OH is 1. The standard InChI is InChI=1S/C32H39N3O4S/c1-20-3-8-29(38-18-23-5-4-22(14-21(23)2)17-34-9-11-37-12-10-34)27(13-20)28-19-40-32(33-28)35-25-6-7-26(35)16-24(15-25)30-31(36)39-30/h3-5,8,13-14,19,24-26,30-31,36H,6-7,9-12,15-18H2,1-2H3.